The highest BCUT2D eigenvalue weighted by atomic mass is 16.5. The van der Waals surface area contributed by atoms with E-state index in [4.69, 9.17) is 5.21 Å². The van der Waals surface area contributed by atoms with Crippen LogP contribution >= 0.6 is 0 Å². The Balaban J connectivity index is 3.14. The zero-order valence-electron chi connectivity index (χ0n) is 6.71. The topological polar surface area (TPSA) is 61.7 Å². The van der Waals surface area contributed by atoms with Crippen molar-refractivity contribution >= 4 is 12.1 Å². The monoisotopic (exact) mass is 158 g/mol. The molecule has 0 aliphatic heterocycles. The fourth-order valence-corrected chi connectivity index (χ4v) is 0.650. The van der Waals surface area contributed by atoms with Gasteiger partial charge < -0.3 is 0 Å². The van der Waals surface area contributed by atoms with Crippen molar-refractivity contribution < 1.29 is 10.0 Å². The summed E-state index contributed by atoms with van der Waals surface area (Å²) in [6.45, 7) is 2.43. The molecule has 0 aliphatic rings. The second-order valence-electron chi connectivity index (χ2n) is 2.16. The van der Waals surface area contributed by atoms with Crippen LogP contribution in [0.25, 0.3) is 0 Å². The summed E-state index contributed by atoms with van der Waals surface area (Å²) in [5, 5.41) is 8.05. The van der Waals surface area contributed by atoms with Crippen LogP contribution in [0.5, 0.6) is 0 Å². The number of ketones is 1. The normalized spacial score (nSPS) is 10.4. The van der Waals surface area contributed by atoms with Gasteiger partial charge in [-0.2, -0.15) is 0 Å². The number of hydrogen-bond acceptors (Lipinski definition) is 3. The first-order chi connectivity index (χ1) is 5.31. The largest absolute Gasteiger partial charge is 0.300 e. The third kappa shape index (κ3) is 6.99. The Morgan fingerprint density at radius 1 is 1.73 bits per heavy atom. The summed E-state index contributed by atoms with van der Waals surface area (Å²) in [5.41, 5.74) is 1.79. The van der Waals surface area contributed by atoms with Crippen LogP contribution in [0.1, 0.15) is 26.2 Å². The number of aliphatic imine (C=N–C) groups is 1. The summed E-state index contributed by atoms with van der Waals surface area (Å²) >= 11 is 0. The molecule has 0 aromatic carbocycles. The van der Waals surface area contributed by atoms with E-state index in [1.165, 1.54) is 6.34 Å². The molecule has 0 bridgehead atoms. The molecule has 0 radical (unpaired) electrons. The smallest absolute Gasteiger partial charge is 0.132 e. The molecule has 4 heteroatoms. The Labute approximate surface area is 66.3 Å². The summed E-state index contributed by atoms with van der Waals surface area (Å²) < 4.78 is 0. The van der Waals surface area contributed by atoms with Crippen molar-refractivity contribution in [2.45, 2.75) is 26.2 Å². The molecule has 0 spiro atoms. The van der Waals surface area contributed by atoms with E-state index in [1.807, 2.05) is 6.92 Å². The minimum atomic E-state index is 0.261. The van der Waals surface area contributed by atoms with Crippen LogP contribution in [0.3, 0.4) is 0 Å². The zero-order valence-corrected chi connectivity index (χ0v) is 6.71. The minimum Gasteiger partial charge on any atom is -0.300 e. The lowest BCUT2D eigenvalue weighted by atomic mass is 10.2. The third-order valence-electron chi connectivity index (χ3n) is 1.29. The molecule has 0 saturated heterocycles. The van der Waals surface area contributed by atoms with Crippen molar-refractivity contribution in [1.29, 1.82) is 0 Å². The molecule has 0 unspecified atom stereocenters. The maximum absolute atomic E-state index is 10.7. The molecule has 0 atom stereocenters. The zero-order chi connectivity index (χ0) is 8.53. The van der Waals surface area contributed by atoms with Gasteiger partial charge in [-0.25, -0.2) is 0 Å². The van der Waals surface area contributed by atoms with Gasteiger partial charge >= 0.3 is 0 Å². The lowest BCUT2D eigenvalue weighted by Gasteiger charge is -1.93. The summed E-state index contributed by atoms with van der Waals surface area (Å²) in [6, 6.07) is 0. The number of hydroxylamine groups is 1. The summed E-state index contributed by atoms with van der Waals surface area (Å²) in [6.07, 6.45) is 3.14. The van der Waals surface area contributed by atoms with Gasteiger partial charge in [-0.05, 0) is 6.42 Å². The number of carbonyl (C=O) groups excluding carboxylic acids is 1. The Hall–Kier alpha value is -0.900. The van der Waals surface area contributed by atoms with Gasteiger partial charge in [0.05, 0.1) is 0 Å². The number of nitrogens with zero attached hydrogens (tertiary/aromatic N) is 1. The maximum atomic E-state index is 10.7. The van der Waals surface area contributed by atoms with Gasteiger partial charge in [0.1, 0.15) is 12.1 Å². The maximum Gasteiger partial charge on any atom is 0.132 e. The average Bonchev–Trinajstić information content (AvgIpc) is 2.04. The number of hydrogen-bond donors (Lipinski definition) is 2. The quantitative estimate of drug-likeness (QED) is 0.259. The van der Waals surface area contributed by atoms with Crippen molar-refractivity contribution in [3.05, 3.63) is 0 Å². The van der Waals surface area contributed by atoms with Gasteiger partial charge in [0.15, 0.2) is 0 Å². The molecule has 2 N–H and O–H groups in total. The molecule has 0 saturated carbocycles. The van der Waals surface area contributed by atoms with Crippen molar-refractivity contribution in [3.8, 4) is 0 Å². The standard InChI is InChI=1S/C7H14N2O2/c1-2-7(10)4-3-5-8-6-9-11/h6,11H,2-5H2,1H3,(H,8,9). The second kappa shape index (κ2) is 7.21. The lowest BCUT2D eigenvalue weighted by Crippen LogP contribution is -2.03. The third-order valence-corrected chi connectivity index (χ3v) is 1.29. The molecule has 64 valence electrons. The molecule has 11 heavy (non-hydrogen) atoms. The Kier molecular flexibility index (Phi) is 6.62. The summed E-state index contributed by atoms with van der Waals surface area (Å²) in [4.78, 5) is 14.5. The second-order valence-corrected chi connectivity index (χ2v) is 2.16. The SMILES string of the molecule is CCC(=O)CCCN=CNO. The van der Waals surface area contributed by atoms with Crippen LogP contribution in [0.15, 0.2) is 4.99 Å². The minimum absolute atomic E-state index is 0.261. The highest BCUT2D eigenvalue weighted by molar-refractivity contribution is 5.77. The first kappa shape index (κ1) is 10.1. The van der Waals surface area contributed by atoms with E-state index < -0.39 is 0 Å². The number of Topliss-reactive ketones (excluding diaryl/α,β-unsaturated/α-hetero) is 1. The molecule has 4 nitrogen and oxygen atoms in total. The highest BCUT2D eigenvalue weighted by Gasteiger charge is 1.95. The van der Waals surface area contributed by atoms with Crippen LogP contribution in [-0.4, -0.2) is 23.9 Å². The molecule has 0 rings (SSSR count). The first-order valence-electron chi connectivity index (χ1n) is 3.71. The van der Waals surface area contributed by atoms with E-state index in [0.717, 1.165) is 6.42 Å². The van der Waals surface area contributed by atoms with Crippen LogP contribution < -0.4 is 5.48 Å². The van der Waals surface area contributed by atoms with Gasteiger partial charge in [0.2, 0.25) is 0 Å². The molecular weight excluding hydrogens is 144 g/mol. The van der Waals surface area contributed by atoms with E-state index in [0.29, 0.717) is 19.4 Å². The van der Waals surface area contributed by atoms with Crippen molar-refractivity contribution in [3.63, 3.8) is 0 Å². The number of carbonyl (C=O) groups is 1. The van der Waals surface area contributed by atoms with Crippen LogP contribution in [0.2, 0.25) is 0 Å². The van der Waals surface area contributed by atoms with Crippen molar-refractivity contribution in [2.24, 2.45) is 4.99 Å². The molecule has 0 aliphatic carbocycles. The Bertz CT molecular complexity index is 134. The number of rotatable bonds is 6. The van der Waals surface area contributed by atoms with Crippen molar-refractivity contribution in [2.75, 3.05) is 6.54 Å². The van der Waals surface area contributed by atoms with E-state index in [1.54, 1.807) is 5.48 Å². The number of nitrogens with one attached hydrogen (secondary N) is 1. The Morgan fingerprint density at radius 2 is 2.45 bits per heavy atom. The van der Waals surface area contributed by atoms with E-state index in [2.05, 4.69) is 4.99 Å². The summed E-state index contributed by atoms with van der Waals surface area (Å²) in [5.74, 6) is 0.261. The van der Waals surface area contributed by atoms with Gasteiger partial charge in [-0.1, -0.05) is 6.92 Å². The fraction of sp³-hybridized carbons (Fsp3) is 0.714. The van der Waals surface area contributed by atoms with Gasteiger partial charge in [0.25, 0.3) is 0 Å². The molecule has 0 amide bonds. The molecule has 0 aromatic heterocycles. The highest BCUT2D eigenvalue weighted by Crippen LogP contribution is 1.93. The van der Waals surface area contributed by atoms with E-state index in [9.17, 15) is 4.79 Å². The predicted octanol–water partition coefficient (Wildman–Crippen LogP) is 0.753. The molecular formula is C7H14N2O2. The van der Waals surface area contributed by atoms with Gasteiger partial charge in [0, 0.05) is 19.4 Å². The molecule has 0 heterocycles. The van der Waals surface area contributed by atoms with Crippen LogP contribution in [-0.2, 0) is 4.79 Å². The van der Waals surface area contributed by atoms with Crippen molar-refractivity contribution in [1.82, 2.24) is 5.48 Å². The van der Waals surface area contributed by atoms with Crippen LogP contribution in [0.4, 0.5) is 0 Å². The fourth-order valence-electron chi connectivity index (χ4n) is 0.650. The lowest BCUT2D eigenvalue weighted by molar-refractivity contribution is -0.118. The van der Waals surface area contributed by atoms with E-state index in [-0.39, 0.29) is 5.78 Å². The first-order valence-corrected chi connectivity index (χ1v) is 3.71. The average molecular weight is 158 g/mol. The van der Waals surface area contributed by atoms with Gasteiger partial charge in [-0.15, -0.1) is 0 Å². The predicted molar refractivity (Wildman–Crippen MR) is 42.8 cm³/mol. The molecule has 0 aromatic rings. The molecule has 0 fully saturated rings. The van der Waals surface area contributed by atoms with Crippen LogP contribution in [0, 0.1) is 0 Å². The summed E-state index contributed by atoms with van der Waals surface area (Å²) in [7, 11) is 0. The Morgan fingerprint density at radius 3 is 3.00 bits per heavy atom. The van der Waals surface area contributed by atoms with Gasteiger partial charge in [-0.3, -0.25) is 20.5 Å². The van der Waals surface area contributed by atoms with E-state index >= 15 is 0 Å².